The first-order valence-corrected chi connectivity index (χ1v) is 9.37. The largest absolute Gasteiger partial charge is 0.496 e. The molecule has 2 aromatic rings. The molecule has 0 amide bonds. The molecule has 0 aliphatic heterocycles. The average molecular weight is 438 g/mol. The van der Waals surface area contributed by atoms with Crippen LogP contribution in [0.5, 0.6) is 5.75 Å². The monoisotopic (exact) mass is 437 g/mol. The molecular formula is C20H24BrNO5. The summed E-state index contributed by atoms with van der Waals surface area (Å²) in [5.74, 6) is -0.161. The molecule has 0 unspecified atom stereocenters. The number of benzene rings is 1. The standard InChI is InChI=1S/C20H24BrNO5/c1-13-10-16(14(2)22(13)8-5-9-25-3)18(23)12-27-20(24)15-6-7-19(26-4)17(21)11-15/h6-7,10-11H,5,8-9,12H2,1-4H3. The summed E-state index contributed by atoms with van der Waals surface area (Å²) in [7, 11) is 3.21. The number of Topliss-reactive ketones (excluding diaryl/α,β-unsaturated/α-hetero) is 1. The van der Waals surface area contributed by atoms with Gasteiger partial charge in [-0.2, -0.15) is 0 Å². The Labute approximate surface area is 167 Å². The number of aryl methyl sites for hydroxylation is 1. The van der Waals surface area contributed by atoms with Crippen molar-refractivity contribution in [1.29, 1.82) is 0 Å². The molecule has 27 heavy (non-hydrogen) atoms. The van der Waals surface area contributed by atoms with Gasteiger partial charge in [0.25, 0.3) is 0 Å². The second kappa shape index (κ2) is 9.71. The number of methoxy groups -OCH3 is 2. The Morgan fingerprint density at radius 2 is 1.89 bits per heavy atom. The Hall–Kier alpha value is -2.12. The van der Waals surface area contributed by atoms with Crippen LogP contribution in [0.25, 0.3) is 0 Å². The number of rotatable bonds is 9. The van der Waals surface area contributed by atoms with Gasteiger partial charge in [-0.25, -0.2) is 4.79 Å². The highest BCUT2D eigenvalue weighted by molar-refractivity contribution is 9.10. The molecule has 0 spiro atoms. The fourth-order valence-corrected chi connectivity index (χ4v) is 3.42. The first-order valence-electron chi connectivity index (χ1n) is 8.58. The molecule has 146 valence electrons. The molecule has 0 bridgehead atoms. The van der Waals surface area contributed by atoms with Gasteiger partial charge in [-0.15, -0.1) is 0 Å². The molecular weight excluding hydrogens is 414 g/mol. The summed E-state index contributed by atoms with van der Waals surface area (Å²) in [5, 5.41) is 0. The third-order valence-corrected chi connectivity index (χ3v) is 4.95. The zero-order chi connectivity index (χ0) is 20.0. The molecule has 1 aromatic heterocycles. The van der Waals surface area contributed by atoms with Crippen molar-refractivity contribution in [2.24, 2.45) is 0 Å². The number of carbonyl (C=O) groups excluding carboxylic acids is 2. The highest BCUT2D eigenvalue weighted by Crippen LogP contribution is 2.26. The average Bonchev–Trinajstić information content (AvgIpc) is 2.94. The number of hydrogen-bond acceptors (Lipinski definition) is 5. The summed E-state index contributed by atoms with van der Waals surface area (Å²) in [6.07, 6.45) is 0.863. The molecule has 0 fully saturated rings. The van der Waals surface area contributed by atoms with Gasteiger partial charge in [-0.3, -0.25) is 4.79 Å². The molecule has 0 N–H and O–H groups in total. The number of esters is 1. The maximum Gasteiger partial charge on any atom is 0.338 e. The summed E-state index contributed by atoms with van der Waals surface area (Å²) in [4.78, 5) is 24.7. The van der Waals surface area contributed by atoms with E-state index in [1.54, 1.807) is 32.4 Å². The van der Waals surface area contributed by atoms with E-state index in [9.17, 15) is 9.59 Å². The van der Waals surface area contributed by atoms with E-state index < -0.39 is 5.97 Å². The topological polar surface area (TPSA) is 66.8 Å². The first kappa shape index (κ1) is 21.2. The van der Waals surface area contributed by atoms with Gasteiger partial charge in [0.1, 0.15) is 5.75 Å². The number of ketones is 1. The minimum Gasteiger partial charge on any atom is -0.496 e. The first-order chi connectivity index (χ1) is 12.9. The highest BCUT2D eigenvalue weighted by atomic mass is 79.9. The van der Waals surface area contributed by atoms with Gasteiger partial charge < -0.3 is 18.8 Å². The molecule has 2 rings (SSSR count). The summed E-state index contributed by atoms with van der Waals surface area (Å²) in [6, 6.07) is 6.70. The Morgan fingerprint density at radius 1 is 1.15 bits per heavy atom. The van der Waals surface area contributed by atoms with Gasteiger partial charge in [0.05, 0.1) is 17.1 Å². The minimum atomic E-state index is -0.555. The van der Waals surface area contributed by atoms with Gasteiger partial charge in [0, 0.05) is 37.2 Å². The third-order valence-electron chi connectivity index (χ3n) is 4.33. The van der Waals surface area contributed by atoms with Crippen LogP contribution in [0.2, 0.25) is 0 Å². The van der Waals surface area contributed by atoms with Gasteiger partial charge >= 0.3 is 5.97 Å². The number of nitrogens with zero attached hydrogens (tertiary/aromatic N) is 1. The smallest absolute Gasteiger partial charge is 0.338 e. The van der Waals surface area contributed by atoms with Gasteiger partial charge in [-0.05, 0) is 60.5 Å². The van der Waals surface area contributed by atoms with E-state index in [1.807, 2.05) is 19.9 Å². The van der Waals surface area contributed by atoms with Crippen LogP contribution in [0.3, 0.4) is 0 Å². The molecule has 0 radical (unpaired) electrons. The van der Waals surface area contributed by atoms with Gasteiger partial charge in [0.15, 0.2) is 6.61 Å². The van der Waals surface area contributed by atoms with E-state index in [0.29, 0.717) is 28.0 Å². The second-order valence-corrected chi connectivity index (χ2v) is 6.99. The maximum absolute atomic E-state index is 12.5. The second-order valence-electron chi connectivity index (χ2n) is 6.13. The number of hydrogen-bond donors (Lipinski definition) is 0. The SMILES string of the molecule is COCCCn1c(C)cc(C(=O)COC(=O)c2ccc(OC)c(Br)c2)c1C. The van der Waals surface area contributed by atoms with Crippen molar-refractivity contribution >= 4 is 27.7 Å². The lowest BCUT2D eigenvalue weighted by molar-refractivity contribution is 0.0474. The van der Waals surface area contributed by atoms with Crippen LogP contribution in [-0.2, 0) is 16.0 Å². The lowest BCUT2D eigenvalue weighted by Gasteiger charge is -2.09. The van der Waals surface area contributed by atoms with Crippen molar-refractivity contribution in [3.05, 3.63) is 51.3 Å². The van der Waals surface area contributed by atoms with Crippen molar-refractivity contribution in [1.82, 2.24) is 4.57 Å². The van der Waals surface area contributed by atoms with Crippen molar-refractivity contribution in [3.8, 4) is 5.75 Å². The Morgan fingerprint density at radius 3 is 2.52 bits per heavy atom. The fraction of sp³-hybridized carbons (Fsp3) is 0.400. The van der Waals surface area contributed by atoms with Crippen LogP contribution in [-0.4, -0.2) is 43.8 Å². The van der Waals surface area contributed by atoms with E-state index in [4.69, 9.17) is 14.2 Å². The summed E-state index contributed by atoms with van der Waals surface area (Å²) in [6.45, 7) is 4.99. The number of halogens is 1. The molecule has 0 aliphatic rings. The van der Waals surface area contributed by atoms with Crippen molar-refractivity contribution < 1.29 is 23.8 Å². The Kier molecular flexibility index (Phi) is 7.62. The van der Waals surface area contributed by atoms with Crippen LogP contribution in [0.15, 0.2) is 28.7 Å². The van der Waals surface area contributed by atoms with Crippen molar-refractivity contribution in [2.45, 2.75) is 26.8 Å². The van der Waals surface area contributed by atoms with Crippen molar-refractivity contribution in [2.75, 3.05) is 27.4 Å². The molecule has 0 saturated carbocycles. The molecule has 6 nitrogen and oxygen atoms in total. The van der Waals surface area contributed by atoms with E-state index >= 15 is 0 Å². The molecule has 7 heteroatoms. The third kappa shape index (κ3) is 5.20. The van der Waals surface area contributed by atoms with Crippen LogP contribution in [0.1, 0.15) is 38.5 Å². The zero-order valence-corrected chi connectivity index (χ0v) is 17.6. The molecule has 1 aromatic carbocycles. The number of carbonyl (C=O) groups is 2. The summed E-state index contributed by atoms with van der Waals surface area (Å²) in [5.41, 5.74) is 2.79. The predicted molar refractivity (Wildman–Crippen MR) is 106 cm³/mol. The molecule has 0 atom stereocenters. The molecule has 1 heterocycles. The molecule has 0 saturated heterocycles. The van der Waals surface area contributed by atoms with Gasteiger partial charge in [-0.1, -0.05) is 0 Å². The highest BCUT2D eigenvalue weighted by Gasteiger charge is 2.18. The normalized spacial score (nSPS) is 10.7. The van der Waals surface area contributed by atoms with E-state index in [2.05, 4.69) is 20.5 Å². The Bertz CT molecular complexity index is 828. The van der Waals surface area contributed by atoms with Crippen molar-refractivity contribution in [3.63, 3.8) is 0 Å². The maximum atomic E-state index is 12.5. The van der Waals surface area contributed by atoms with Crippen LogP contribution < -0.4 is 4.74 Å². The van der Waals surface area contributed by atoms with E-state index in [0.717, 1.165) is 24.4 Å². The number of aromatic nitrogens is 1. The van der Waals surface area contributed by atoms with Gasteiger partial charge in [0.2, 0.25) is 5.78 Å². The quantitative estimate of drug-likeness (QED) is 0.337. The Balaban J connectivity index is 2.02. The number of ether oxygens (including phenoxy) is 3. The van der Waals surface area contributed by atoms with E-state index in [-0.39, 0.29) is 12.4 Å². The summed E-state index contributed by atoms with van der Waals surface area (Å²) < 4.78 is 18.1. The fourth-order valence-electron chi connectivity index (χ4n) is 2.88. The van der Waals surface area contributed by atoms with Crippen LogP contribution in [0.4, 0.5) is 0 Å². The van der Waals surface area contributed by atoms with Crippen LogP contribution in [0, 0.1) is 13.8 Å². The van der Waals surface area contributed by atoms with E-state index in [1.165, 1.54) is 0 Å². The lowest BCUT2D eigenvalue weighted by Crippen LogP contribution is -2.15. The minimum absolute atomic E-state index is 0.220. The van der Waals surface area contributed by atoms with Crippen LogP contribution >= 0.6 is 15.9 Å². The summed E-state index contributed by atoms with van der Waals surface area (Å²) >= 11 is 3.33. The zero-order valence-electron chi connectivity index (χ0n) is 16.0. The lowest BCUT2D eigenvalue weighted by atomic mass is 10.1. The predicted octanol–water partition coefficient (Wildman–Crippen LogP) is 3.95. The molecule has 0 aliphatic carbocycles.